The number of fused-ring (bicyclic) bond motifs is 1. The second kappa shape index (κ2) is 7.55. The Hall–Kier alpha value is -1.81. The number of amides is 1. The van der Waals surface area contributed by atoms with E-state index in [9.17, 15) is 9.59 Å². The monoisotopic (exact) mass is 447 g/mol. The molecular weight excluding hydrogens is 430 g/mol. The standard InChI is InChI=1S/C19H17N3O2S4/c1-4-10-22-16(24)14(28-19(22)25)18-21(5-2)15(23)13(27-18)17-20(3)11-8-6-7-9-12(11)26-17/h4,6-9H,1,5,10H2,2-3H3/b17-13-,18-14-. The van der Waals surface area contributed by atoms with Gasteiger partial charge in [0.25, 0.3) is 11.5 Å². The Morgan fingerprint density at radius 3 is 2.64 bits per heavy atom. The number of carbonyl (C=O) groups is 1. The summed E-state index contributed by atoms with van der Waals surface area (Å²) >= 11 is 9.56. The third kappa shape index (κ3) is 2.97. The zero-order chi connectivity index (χ0) is 20.0. The molecule has 0 bridgehead atoms. The molecule has 1 aromatic carbocycles. The number of hydrogen-bond donors (Lipinski definition) is 0. The van der Waals surface area contributed by atoms with Crippen LogP contribution in [0.5, 0.6) is 0 Å². The molecule has 2 aliphatic heterocycles. The molecule has 0 radical (unpaired) electrons. The van der Waals surface area contributed by atoms with Crippen LogP contribution in [0.15, 0.2) is 46.6 Å². The third-order valence-electron chi connectivity index (χ3n) is 4.49. The number of benzene rings is 1. The van der Waals surface area contributed by atoms with Crippen molar-refractivity contribution in [1.29, 1.82) is 0 Å². The number of hydrogen-bond acceptors (Lipinski definition) is 7. The van der Waals surface area contributed by atoms with Gasteiger partial charge in [0.1, 0.15) is 23.4 Å². The van der Waals surface area contributed by atoms with E-state index in [1.54, 1.807) is 22.4 Å². The van der Waals surface area contributed by atoms with Crippen molar-refractivity contribution in [2.24, 2.45) is 0 Å². The molecule has 3 heterocycles. The third-order valence-corrected chi connectivity index (χ3v) is 8.61. The fourth-order valence-electron chi connectivity index (χ4n) is 3.12. The molecule has 4 rings (SSSR count). The maximum Gasteiger partial charge on any atom is 0.271 e. The van der Waals surface area contributed by atoms with Crippen molar-refractivity contribution in [2.45, 2.75) is 18.4 Å². The van der Waals surface area contributed by atoms with Crippen molar-refractivity contribution < 1.29 is 4.79 Å². The molecule has 0 aliphatic carbocycles. The van der Waals surface area contributed by atoms with Crippen molar-refractivity contribution in [3.63, 3.8) is 0 Å². The molecule has 1 fully saturated rings. The molecule has 2 aliphatic rings. The summed E-state index contributed by atoms with van der Waals surface area (Å²) in [4.78, 5) is 31.2. The van der Waals surface area contributed by atoms with Crippen LogP contribution in [-0.2, 0) is 11.3 Å². The first-order valence-electron chi connectivity index (χ1n) is 8.61. The molecule has 1 saturated heterocycles. The molecule has 0 unspecified atom stereocenters. The Balaban J connectivity index is 1.95. The highest BCUT2D eigenvalue weighted by atomic mass is 32.2. The summed E-state index contributed by atoms with van der Waals surface area (Å²) in [6.45, 7) is 6.46. The van der Waals surface area contributed by atoms with Crippen molar-refractivity contribution in [2.75, 3.05) is 18.5 Å². The van der Waals surface area contributed by atoms with Crippen LogP contribution in [0.3, 0.4) is 0 Å². The number of para-hydroxylation sites is 1. The number of nitrogens with zero attached hydrogens (tertiary/aromatic N) is 3. The number of thioether (sulfide) groups is 2. The average molecular weight is 448 g/mol. The quantitative estimate of drug-likeness (QED) is 0.532. The lowest BCUT2D eigenvalue weighted by molar-refractivity contribution is -0.120. The first kappa shape index (κ1) is 19.5. The van der Waals surface area contributed by atoms with Gasteiger partial charge in [0.05, 0.1) is 5.69 Å². The highest BCUT2D eigenvalue weighted by molar-refractivity contribution is 8.30. The van der Waals surface area contributed by atoms with E-state index in [1.165, 1.54) is 28.0 Å². The maximum absolute atomic E-state index is 13.2. The zero-order valence-corrected chi connectivity index (χ0v) is 18.6. The molecule has 2 aromatic rings. The fraction of sp³-hybridized carbons (Fsp3) is 0.211. The van der Waals surface area contributed by atoms with Gasteiger partial charge >= 0.3 is 0 Å². The highest BCUT2D eigenvalue weighted by Crippen LogP contribution is 2.45. The summed E-state index contributed by atoms with van der Waals surface area (Å²) in [5, 5.41) is 0.895. The smallest absolute Gasteiger partial charge is 0.271 e. The van der Waals surface area contributed by atoms with Gasteiger partial charge in [-0.05, 0) is 19.1 Å². The van der Waals surface area contributed by atoms with Crippen molar-refractivity contribution in [3.8, 4) is 0 Å². The van der Waals surface area contributed by atoms with Gasteiger partial charge < -0.3 is 4.90 Å². The Morgan fingerprint density at radius 2 is 1.96 bits per heavy atom. The van der Waals surface area contributed by atoms with E-state index in [4.69, 9.17) is 12.2 Å². The normalized spacial score (nSPS) is 20.2. The Bertz CT molecular complexity index is 1190. The predicted molar refractivity (Wildman–Crippen MR) is 123 cm³/mol. The van der Waals surface area contributed by atoms with Crippen LogP contribution in [-0.4, -0.2) is 33.3 Å². The summed E-state index contributed by atoms with van der Waals surface area (Å²) < 4.78 is 3.49. The van der Waals surface area contributed by atoms with E-state index in [1.807, 2.05) is 43.1 Å². The van der Waals surface area contributed by atoms with Crippen molar-refractivity contribution in [1.82, 2.24) is 9.47 Å². The Kier molecular flexibility index (Phi) is 5.26. The highest BCUT2D eigenvalue weighted by Gasteiger charge is 2.33. The first-order valence-corrected chi connectivity index (χ1v) is 11.5. The zero-order valence-electron chi connectivity index (χ0n) is 15.3. The number of anilines is 1. The van der Waals surface area contributed by atoms with Gasteiger partial charge in [-0.15, -0.1) is 17.9 Å². The number of aromatic nitrogens is 1. The Morgan fingerprint density at radius 1 is 1.21 bits per heavy atom. The molecule has 1 aromatic heterocycles. The summed E-state index contributed by atoms with van der Waals surface area (Å²) in [7, 11) is 1.97. The van der Waals surface area contributed by atoms with Gasteiger partial charge in [0.2, 0.25) is 0 Å². The van der Waals surface area contributed by atoms with Gasteiger partial charge in [-0.25, -0.2) is 0 Å². The molecule has 28 heavy (non-hydrogen) atoms. The maximum atomic E-state index is 13.2. The number of rotatable bonds is 3. The minimum absolute atomic E-state index is 0.0707. The summed E-state index contributed by atoms with van der Waals surface area (Å²) in [5.41, 5.74) is 1.01. The largest absolute Gasteiger partial charge is 0.337 e. The minimum atomic E-state index is -0.161. The van der Waals surface area contributed by atoms with Crippen LogP contribution in [0, 0.1) is 0 Å². The summed E-state index contributed by atoms with van der Waals surface area (Å²) in [5.74, 6) is -0.161. The van der Waals surface area contributed by atoms with Crippen LogP contribution < -0.4 is 19.7 Å². The summed E-state index contributed by atoms with van der Waals surface area (Å²) in [6, 6.07) is 8.07. The lowest BCUT2D eigenvalue weighted by Gasteiger charge is -2.11. The van der Waals surface area contributed by atoms with E-state index < -0.39 is 0 Å². The van der Waals surface area contributed by atoms with E-state index in [-0.39, 0.29) is 11.5 Å². The first-order chi connectivity index (χ1) is 13.5. The van der Waals surface area contributed by atoms with Gasteiger partial charge in [-0.1, -0.05) is 54.0 Å². The minimum Gasteiger partial charge on any atom is -0.337 e. The molecule has 9 heteroatoms. The molecule has 0 N–H and O–H groups in total. The second-order valence-electron chi connectivity index (χ2n) is 6.12. The molecule has 0 atom stereocenters. The SMILES string of the molecule is C=CCN1C(=O)/C(=c2/s/c(=C3\Sc4ccccc4N3C)c(=O)n2CC)SC1=S. The number of thiocarbonyl (C=S) groups is 1. The Labute approximate surface area is 180 Å². The molecule has 144 valence electrons. The van der Waals surface area contributed by atoms with Gasteiger partial charge in [0.15, 0.2) is 0 Å². The van der Waals surface area contributed by atoms with Crippen LogP contribution in [0.4, 0.5) is 5.69 Å². The predicted octanol–water partition coefficient (Wildman–Crippen LogP) is 2.39. The molecule has 5 nitrogen and oxygen atoms in total. The average Bonchev–Trinajstić information content (AvgIpc) is 3.29. The van der Waals surface area contributed by atoms with E-state index in [0.717, 1.165) is 15.6 Å². The van der Waals surface area contributed by atoms with E-state index >= 15 is 0 Å². The van der Waals surface area contributed by atoms with E-state index in [0.29, 0.717) is 31.5 Å². The van der Waals surface area contributed by atoms with Gasteiger partial charge in [-0.3, -0.25) is 19.1 Å². The molecule has 0 saturated carbocycles. The van der Waals surface area contributed by atoms with Crippen LogP contribution in [0.25, 0.3) is 9.93 Å². The van der Waals surface area contributed by atoms with E-state index in [2.05, 4.69) is 6.58 Å². The van der Waals surface area contributed by atoms with Crippen LogP contribution >= 0.6 is 47.1 Å². The number of carbonyl (C=O) groups excluding carboxylic acids is 1. The van der Waals surface area contributed by atoms with Crippen LogP contribution in [0.1, 0.15) is 6.92 Å². The van der Waals surface area contributed by atoms with Crippen molar-refractivity contribution in [3.05, 3.63) is 56.5 Å². The van der Waals surface area contributed by atoms with Gasteiger partial charge in [-0.2, -0.15) is 0 Å². The molecule has 0 spiro atoms. The van der Waals surface area contributed by atoms with Crippen molar-refractivity contribution >= 4 is 72.9 Å². The topological polar surface area (TPSA) is 45.6 Å². The van der Waals surface area contributed by atoms with Crippen LogP contribution in [0.2, 0.25) is 0 Å². The molecule has 1 amide bonds. The summed E-state index contributed by atoms with van der Waals surface area (Å²) in [6.07, 6.45) is 1.65. The number of thiazole rings is 1. The second-order valence-corrected chi connectivity index (χ2v) is 9.80. The lowest BCUT2D eigenvalue weighted by atomic mass is 10.3. The lowest BCUT2D eigenvalue weighted by Crippen LogP contribution is -2.34. The fourth-order valence-corrected chi connectivity index (χ4v) is 7.06. The van der Waals surface area contributed by atoms with Gasteiger partial charge in [0, 0.05) is 25.0 Å². The molecular formula is C19H17N3O2S4.